The van der Waals surface area contributed by atoms with E-state index in [1.165, 1.54) is 32.1 Å². The summed E-state index contributed by atoms with van der Waals surface area (Å²) in [7, 11) is 1.64. The first-order chi connectivity index (χ1) is 15.1. The van der Waals surface area contributed by atoms with E-state index in [2.05, 4.69) is 28.7 Å². The molecule has 2 heterocycles. The van der Waals surface area contributed by atoms with Gasteiger partial charge in [0.15, 0.2) is 0 Å². The number of nitrogens with zero attached hydrogens (tertiary/aromatic N) is 2. The lowest BCUT2D eigenvalue weighted by Crippen LogP contribution is -2.41. The van der Waals surface area contributed by atoms with Gasteiger partial charge >= 0.3 is 0 Å². The molecule has 31 heavy (non-hydrogen) atoms. The van der Waals surface area contributed by atoms with Crippen molar-refractivity contribution in [3.05, 3.63) is 43.1 Å². The highest BCUT2D eigenvalue weighted by atomic mass is 16.5. The van der Waals surface area contributed by atoms with Crippen LogP contribution in [0.4, 0.5) is 5.69 Å². The molecule has 0 aliphatic carbocycles. The number of aromatic nitrogens is 1. The molecular formula is C26H37N3O2. The van der Waals surface area contributed by atoms with E-state index >= 15 is 0 Å². The number of unbranched alkanes of at least 4 members (excludes halogenated alkanes) is 4. The first-order valence-electron chi connectivity index (χ1n) is 11.7. The van der Waals surface area contributed by atoms with E-state index in [1.807, 2.05) is 30.3 Å². The maximum absolute atomic E-state index is 12.9. The SMILES string of the molecule is C=C[C@H]1CN(CCCCCCC)CC[C@H]1CC(=O)Nc1ccnc2ccc(OC)cc12. The smallest absolute Gasteiger partial charge is 0.224 e. The van der Waals surface area contributed by atoms with Crippen LogP contribution < -0.4 is 10.1 Å². The minimum absolute atomic E-state index is 0.0557. The monoisotopic (exact) mass is 423 g/mol. The lowest BCUT2D eigenvalue weighted by Gasteiger charge is -2.37. The number of amides is 1. The van der Waals surface area contributed by atoms with Gasteiger partial charge in [-0.15, -0.1) is 6.58 Å². The Hall–Kier alpha value is -2.40. The zero-order valence-corrected chi connectivity index (χ0v) is 19.1. The van der Waals surface area contributed by atoms with Crippen LogP contribution in [0.15, 0.2) is 43.1 Å². The van der Waals surface area contributed by atoms with Gasteiger partial charge in [-0.25, -0.2) is 0 Å². The van der Waals surface area contributed by atoms with E-state index in [9.17, 15) is 4.79 Å². The Labute approximate surface area is 186 Å². The number of carbonyl (C=O) groups is 1. The number of likely N-dealkylation sites (tertiary alicyclic amines) is 1. The van der Waals surface area contributed by atoms with Crippen LogP contribution in [0.3, 0.4) is 0 Å². The van der Waals surface area contributed by atoms with Gasteiger partial charge in [-0.05, 0) is 62.0 Å². The van der Waals surface area contributed by atoms with Gasteiger partial charge in [-0.2, -0.15) is 0 Å². The third-order valence-electron chi connectivity index (χ3n) is 6.44. The summed E-state index contributed by atoms with van der Waals surface area (Å²) in [6.07, 6.45) is 11.9. The van der Waals surface area contributed by atoms with Crippen LogP contribution in [0.25, 0.3) is 10.9 Å². The predicted molar refractivity (Wildman–Crippen MR) is 129 cm³/mol. The maximum atomic E-state index is 12.9. The van der Waals surface area contributed by atoms with E-state index in [0.29, 0.717) is 18.3 Å². The largest absolute Gasteiger partial charge is 0.497 e. The Morgan fingerprint density at radius 1 is 1.29 bits per heavy atom. The topological polar surface area (TPSA) is 54.5 Å². The lowest BCUT2D eigenvalue weighted by atomic mass is 9.83. The van der Waals surface area contributed by atoms with Gasteiger partial charge in [0.2, 0.25) is 5.91 Å². The standard InChI is InChI=1S/C26H37N3O2/c1-4-6-7-8-9-15-29-16-13-21(20(5-2)19-29)17-26(30)28-25-12-14-27-24-11-10-22(31-3)18-23(24)25/h5,10-12,14,18,20-21H,2,4,6-9,13,15-17,19H2,1,3H3,(H,27,28,30)/t20-,21-/m0/s1. The summed E-state index contributed by atoms with van der Waals surface area (Å²) < 4.78 is 5.33. The molecule has 168 valence electrons. The zero-order valence-electron chi connectivity index (χ0n) is 19.1. The van der Waals surface area contributed by atoms with Crippen LogP contribution in [0, 0.1) is 11.8 Å². The van der Waals surface area contributed by atoms with E-state index in [1.54, 1.807) is 13.3 Å². The van der Waals surface area contributed by atoms with Crippen LogP contribution in [0.2, 0.25) is 0 Å². The van der Waals surface area contributed by atoms with Crippen LogP contribution in [-0.2, 0) is 4.79 Å². The van der Waals surface area contributed by atoms with Gasteiger partial charge in [-0.1, -0.05) is 38.7 Å². The number of benzene rings is 1. The molecule has 2 atom stereocenters. The van der Waals surface area contributed by atoms with Crippen molar-refractivity contribution in [1.29, 1.82) is 0 Å². The summed E-state index contributed by atoms with van der Waals surface area (Å²) in [6.45, 7) is 9.57. The number of methoxy groups -OCH3 is 1. The highest BCUT2D eigenvalue weighted by Crippen LogP contribution is 2.30. The molecule has 1 amide bonds. The van der Waals surface area contributed by atoms with E-state index in [0.717, 1.165) is 48.4 Å². The van der Waals surface area contributed by atoms with E-state index in [4.69, 9.17) is 4.74 Å². The van der Waals surface area contributed by atoms with Gasteiger partial charge in [-0.3, -0.25) is 9.78 Å². The Morgan fingerprint density at radius 2 is 2.13 bits per heavy atom. The fourth-order valence-corrected chi connectivity index (χ4v) is 4.56. The third-order valence-corrected chi connectivity index (χ3v) is 6.44. The second kappa shape index (κ2) is 11.8. The first-order valence-corrected chi connectivity index (χ1v) is 11.7. The number of nitrogens with one attached hydrogen (secondary N) is 1. The fourth-order valence-electron chi connectivity index (χ4n) is 4.56. The number of piperidine rings is 1. The quantitative estimate of drug-likeness (QED) is 0.374. The summed E-state index contributed by atoms with van der Waals surface area (Å²) >= 11 is 0. The molecule has 1 aliphatic rings. The molecule has 1 aromatic carbocycles. The Morgan fingerprint density at radius 3 is 2.90 bits per heavy atom. The molecular weight excluding hydrogens is 386 g/mol. The van der Waals surface area contributed by atoms with Gasteiger partial charge in [0, 0.05) is 24.5 Å². The number of hydrogen-bond acceptors (Lipinski definition) is 4. The molecule has 0 radical (unpaired) electrons. The van der Waals surface area contributed by atoms with Crippen LogP contribution in [-0.4, -0.2) is 42.5 Å². The number of fused-ring (bicyclic) bond motifs is 1. The summed E-state index contributed by atoms with van der Waals surface area (Å²) in [6, 6.07) is 7.57. The van der Waals surface area contributed by atoms with Crippen molar-refractivity contribution in [3.8, 4) is 5.75 Å². The molecule has 0 saturated carbocycles. The molecule has 2 aromatic rings. The first kappa shape index (κ1) is 23.3. The number of hydrogen-bond donors (Lipinski definition) is 1. The highest BCUT2D eigenvalue weighted by Gasteiger charge is 2.28. The number of ether oxygens (including phenoxy) is 1. The van der Waals surface area contributed by atoms with E-state index < -0.39 is 0 Å². The average Bonchev–Trinajstić information content (AvgIpc) is 2.79. The van der Waals surface area contributed by atoms with Gasteiger partial charge in [0.25, 0.3) is 0 Å². The third kappa shape index (κ3) is 6.54. The summed E-state index contributed by atoms with van der Waals surface area (Å²) in [5.41, 5.74) is 1.63. The van der Waals surface area contributed by atoms with Crippen molar-refractivity contribution in [3.63, 3.8) is 0 Å². The number of rotatable bonds is 11. The van der Waals surface area contributed by atoms with Crippen molar-refractivity contribution in [2.75, 3.05) is 32.1 Å². The number of carbonyl (C=O) groups excluding carboxylic acids is 1. The van der Waals surface area contributed by atoms with Gasteiger partial charge in [0.1, 0.15) is 5.75 Å². The minimum atomic E-state index is 0.0557. The molecule has 0 bridgehead atoms. The van der Waals surface area contributed by atoms with Gasteiger partial charge in [0.05, 0.1) is 18.3 Å². The zero-order chi connectivity index (χ0) is 22.1. The predicted octanol–water partition coefficient (Wildman–Crippen LogP) is 5.67. The van der Waals surface area contributed by atoms with Crippen LogP contribution in [0.1, 0.15) is 51.9 Å². The van der Waals surface area contributed by atoms with Crippen LogP contribution in [0.5, 0.6) is 5.75 Å². The Kier molecular flexibility index (Phi) is 8.89. The lowest BCUT2D eigenvalue weighted by molar-refractivity contribution is -0.117. The molecule has 5 heteroatoms. The molecule has 3 rings (SSSR count). The highest BCUT2D eigenvalue weighted by molar-refractivity contribution is 6.01. The molecule has 0 spiro atoms. The van der Waals surface area contributed by atoms with Crippen molar-refractivity contribution >= 4 is 22.5 Å². The minimum Gasteiger partial charge on any atom is -0.497 e. The molecule has 1 N–H and O–H groups in total. The van der Waals surface area contributed by atoms with Crippen molar-refractivity contribution in [2.45, 2.75) is 51.9 Å². The molecule has 1 fully saturated rings. The molecule has 1 aliphatic heterocycles. The Balaban J connectivity index is 1.55. The molecule has 0 unspecified atom stereocenters. The average molecular weight is 424 g/mol. The normalized spacial score (nSPS) is 19.3. The van der Waals surface area contributed by atoms with Crippen molar-refractivity contribution in [2.24, 2.45) is 11.8 Å². The fraction of sp³-hybridized carbons (Fsp3) is 0.538. The molecule has 1 aromatic heterocycles. The maximum Gasteiger partial charge on any atom is 0.224 e. The Bertz CT molecular complexity index is 867. The van der Waals surface area contributed by atoms with Gasteiger partial charge < -0.3 is 15.0 Å². The summed E-state index contributed by atoms with van der Waals surface area (Å²) in [5, 5.41) is 4.01. The van der Waals surface area contributed by atoms with E-state index in [-0.39, 0.29) is 5.91 Å². The summed E-state index contributed by atoms with van der Waals surface area (Å²) in [5.74, 6) is 1.52. The number of anilines is 1. The summed E-state index contributed by atoms with van der Waals surface area (Å²) in [4.78, 5) is 19.8. The second-order valence-corrected chi connectivity index (χ2v) is 8.66. The van der Waals surface area contributed by atoms with Crippen LogP contribution >= 0.6 is 0 Å². The molecule has 1 saturated heterocycles. The van der Waals surface area contributed by atoms with Crippen molar-refractivity contribution in [1.82, 2.24) is 9.88 Å². The molecule has 5 nitrogen and oxygen atoms in total. The second-order valence-electron chi connectivity index (χ2n) is 8.66. The van der Waals surface area contributed by atoms with Crippen molar-refractivity contribution < 1.29 is 9.53 Å². The number of pyridine rings is 1.